The Bertz CT molecular complexity index is 378. The Morgan fingerprint density at radius 3 is 1.65 bits per heavy atom. The second kappa shape index (κ2) is 9.41. The molecule has 0 aliphatic rings. The molecule has 0 saturated carbocycles. The molecule has 0 amide bonds. The first-order chi connectivity index (χ1) is 10.3. The van der Waals surface area contributed by atoms with Gasteiger partial charge in [-0.05, 0) is 30.0 Å². The molecule has 0 heterocycles. The molecule has 0 fully saturated rings. The molecule has 0 aliphatic carbocycles. The van der Waals surface area contributed by atoms with Gasteiger partial charge in [-0.15, -0.1) is 11.5 Å². The Morgan fingerprint density at radius 2 is 1.30 bits per heavy atom. The Hall–Kier alpha value is -0.0862. The van der Waals surface area contributed by atoms with Gasteiger partial charge in [-0.1, -0.05) is 61.2 Å². The molecule has 2 atom stereocenters. The van der Waals surface area contributed by atoms with E-state index in [1.54, 1.807) is 0 Å². The van der Waals surface area contributed by atoms with E-state index in [1.165, 1.54) is 0 Å². The van der Waals surface area contributed by atoms with Crippen LogP contribution in [0, 0.1) is 17.4 Å². The van der Waals surface area contributed by atoms with Crippen LogP contribution in [0.4, 0.5) is 0 Å². The summed E-state index contributed by atoms with van der Waals surface area (Å²) in [6, 6.07) is 0. The van der Waals surface area contributed by atoms with Gasteiger partial charge in [0.25, 0.3) is 0 Å². The van der Waals surface area contributed by atoms with Crippen molar-refractivity contribution in [3.05, 3.63) is 0 Å². The van der Waals surface area contributed by atoms with Crippen LogP contribution in [-0.2, 0) is 4.43 Å². The Morgan fingerprint density at radius 1 is 0.870 bits per heavy atom. The van der Waals surface area contributed by atoms with Crippen molar-refractivity contribution in [2.45, 2.75) is 97.3 Å². The fourth-order valence-corrected chi connectivity index (χ4v) is 9.67. The maximum atomic E-state index is 10.4. The molecular formula is C19H40O2Si2. The summed E-state index contributed by atoms with van der Waals surface area (Å²) in [6.45, 7) is 23.2. The van der Waals surface area contributed by atoms with Crippen LogP contribution in [0.15, 0.2) is 0 Å². The first kappa shape index (κ1) is 22.9. The van der Waals surface area contributed by atoms with Gasteiger partial charge in [0.05, 0.1) is 6.10 Å². The van der Waals surface area contributed by atoms with Gasteiger partial charge < -0.3 is 9.53 Å². The fraction of sp³-hybridized carbons (Fsp3) is 0.895. The number of hydrogen-bond acceptors (Lipinski definition) is 2. The van der Waals surface area contributed by atoms with Gasteiger partial charge in [-0.3, -0.25) is 0 Å². The number of rotatable bonds is 8. The predicted molar refractivity (Wildman–Crippen MR) is 108 cm³/mol. The largest absolute Gasteiger partial charge is 0.416 e. The highest BCUT2D eigenvalue weighted by Gasteiger charge is 2.44. The highest BCUT2D eigenvalue weighted by atomic mass is 28.4. The minimum absolute atomic E-state index is 0.0264. The molecule has 4 heteroatoms. The van der Waals surface area contributed by atoms with Gasteiger partial charge in [-0.2, -0.15) is 0 Å². The Labute approximate surface area is 147 Å². The van der Waals surface area contributed by atoms with E-state index in [0.717, 1.165) is 0 Å². The molecule has 0 rings (SSSR count). The van der Waals surface area contributed by atoms with E-state index in [-0.39, 0.29) is 5.92 Å². The molecule has 0 aromatic rings. The van der Waals surface area contributed by atoms with Crippen LogP contribution < -0.4 is 0 Å². The zero-order chi connectivity index (χ0) is 18.4. The van der Waals surface area contributed by atoms with Crippen molar-refractivity contribution < 1.29 is 9.53 Å². The first-order valence-electron chi connectivity index (χ1n) is 9.19. The smallest absolute Gasteiger partial charge is 0.200 e. The highest BCUT2D eigenvalue weighted by molar-refractivity contribution is 6.83. The maximum absolute atomic E-state index is 10.4. The lowest BCUT2D eigenvalue weighted by Gasteiger charge is -2.42. The van der Waals surface area contributed by atoms with Crippen LogP contribution in [0.2, 0.25) is 36.3 Å². The molecule has 0 radical (unpaired) electrons. The zero-order valence-electron chi connectivity index (χ0n) is 17.2. The van der Waals surface area contributed by atoms with Gasteiger partial charge in [0, 0.05) is 12.5 Å². The minimum atomic E-state index is -1.82. The lowest BCUT2D eigenvalue weighted by atomic mass is 10.0. The second-order valence-electron chi connectivity index (χ2n) is 8.83. The maximum Gasteiger partial charge on any atom is 0.200 e. The highest BCUT2D eigenvalue weighted by Crippen LogP contribution is 2.42. The lowest BCUT2D eigenvalue weighted by molar-refractivity contribution is 0.107. The summed E-state index contributed by atoms with van der Waals surface area (Å²) < 4.78 is 6.52. The van der Waals surface area contributed by atoms with E-state index in [9.17, 15) is 5.11 Å². The fourth-order valence-electron chi connectivity index (χ4n) is 3.53. The summed E-state index contributed by atoms with van der Waals surface area (Å²) >= 11 is 0. The van der Waals surface area contributed by atoms with Crippen LogP contribution in [0.5, 0.6) is 0 Å². The van der Waals surface area contributed by atoms with Crippen molar-refractivity contribution in [2.24, 2.45) is 5.92 Å². The minimum Gasteiger partial charge on any atom is -0.416 e. The third kappa shape index (κ3) is 7.13. The molecule has 0 unspecified atom stereocenters. The predicted octanol–water partition coefficient (Wildman–Crippen LogP) is 5.45. The van der Waals surface area contributed by atoms with E-state index in [0.29, 0.717) is 29.7 Å². The molecule has 0 aliphatic heterocycles. The summed E-state index contributed by atoms with van der Waals surface area (Å²) in [5.41, 5.74) is 5.12. The summed E-state index contributed by atoms with van der Waals surface area (Å²) in [6.07, 6.45) is 0.291. The summed E-state index contributed by atoms with van der Waals surface area (Å²) in [5.74, 6) is 3.28. The van der Waals surface area contributed by atoms with E-state index in [4.69, 9.17) is 4.43 Å². The number of hydrogen-bond donors (Lipinski definition) is 1. The van der Waals surface area contributed by atoms with Crippen LogP contribution >= 0.6 is 0 Å². The first-order valence-corrected chi connectivity index (χ1v) is 14.8. The van der Waals surface area contributed by atoms with Crippen molar-refractivity contribution in [2.75, 3.05) is 6.61 Å². The molecule has 23 heavy (non-hydrogen) atoms. The topological polar surface area (TPSA) is 29.5 Å². The van der Waals surface area contributed by atoms with Crippen molar-refractivity contribution in [1.82, 2.24) is 0 Å². The molecule has 0 saturated heterocycles. The van der Waals surface area contributed by atoms with Gasteiger partial charge in [0.2, 0.25) is 0 Å². The van der Waals surface area contributed by atoms with Crippen LogP contribution in [-0.4, -0.2) is 34.2 Å². The van der Waals surface area contributed by atoms with Gasteiger partial charge in [0.15, 0.2) is 8.32 Å². The molecule has 2 nitrogen and oxygen atoms in total. The van der Waals surface area contributed by atoms with Crippen molar-refractivity contribution in [3.8, 4) is 11.5 Å². The molecule has 0 bridgehead atoms. The van der Waals surface area contributed by atoms with E-state index >= 15 is 0 Å². The van der Waals surface area contributed by atoms with Crippen LogP contribution in [0.1, 0.15) is 54.9 Å². The monoisotopic (exact) mass is 356 g/mol. The average Bonchev–Trinajstić information content (AvgIpc) is 2.38. The molecular weight excluding hydrogens is 316 g/mol. The van der Waals surface area contributed by atoms with Crippen molar-refractivity contribution in [1.29, 1.82) is 0 Å². The number of aliphatic hydroxyl groups excluding tert-OH is 1. The standard InChI is InChI=1S/C19H40O2Si2/c1-15(2)23(16(3)4,17(5)6)21-13-11-19(20)18(7)12-14-22(8,9)10/h15-20H,11,13H2,1-10H3/t18-,19+/m1/s1. The van der Waals surface area contributed by atoms with E-state index < -0.39 is 22.5 Å². The SMILES string of the molecule is CC(C)[Si](OCC[C@H](O)[C@H](C)C#C[Si](C)(C)C)(C(C)C)C(C)C. The third-order valence-corrected chi connectivity index (χ3v) is 11.7. The zero-order valence-corrected chi connectivity index (χ0v) is 19.2. The van der Waals surface area contributed by atoms with Gasteiger partial charge in [-0.25, -0.2) is 0 Å². The molecule has 1 N–H and O–H groups in total. The third-order valence-electron chi connectivity index (χ3n) is 4.72. The summed E-state index contributed by atoms with van der Waals surface area (Å²) in [4.78, 5) is 0. The lowest BCUT2D eigenvalue weighted by Crippen LogP contribution is -2.48. The van der Waals surface area contributed by atoms with Gasteiger partial charge >= 0.3 is 0 Å². The normalized spacial score (nSPS) is 15.7. The van der Waals surface area contributed by atoms with E-state index in [1.807, 2.05) is 6.92 Å². The molecule has 0 spiro atoms. The van der Waals surface area contributed by atoms with Crippen molar-refractivity contribution in [3.63, 3.8) is 0 Å². The van der Waals surface area contributed by atoms with Crippen molar-refractivity contribution >= 4 is 16.4 Å². The second-order valence-corrected chi connectivity index (χ2v) is 19.0. The quantitative estimate of drug-likeness (QED) is 0.463. The molecule has 0 aromatic heterocycles. The van der Waals surface area contributed by atoms with Gasteiger partial charge in [0.1, 0.15) is 8.07 Å². The van der Waals surface area contributed by atoms with Crippen LogP contribution in [0.3, 0.4) is 0 Å². The summed E-state index contributed by atoms with van der Waals surface area (Å²) in [5, 5.41) is 10.4. The van der Waals surface area contributed by atoms with Crippen LogP contribution in [0.25, 0.3) is 0 Å². The Kier molecular flexibility index (Phi) is 9.38. The average molecular weight is 357 g/mol. The van der Waals surface area contributed by atoms with E-state index in [2.05, 4.69) is 72.6 Å². The molecule has 136 valence electrons. The summed E-state index contributed by atoms with van der Waals surface area (Å²) in [7, 11) is -3.19. The number of aliphatic hydroxyl groups is 1. The molecule has 0 aromatic carbocycles. The Balaban J connectivity index is 4.74.